The Morgan fingerprint density at radius 1 is 1.50 bits per heavy atom. The standard InChI is InChI=1S/C13H19ClN6OS/c1-9-15-12(17-21-9)8-20-5-3-4-10(6-20)19(2)7-11-13(14)22-18-16-11/h10H,3-8H2,1-2H3/t10-/m1/s1. The highest BCUT2D eigenvalue weighted by Gasteiger charge is 2.25. The fourth-order valence-electron chi connectivity index (χ4n) is 2.80. The number of likely N-dealkylation sites (tertiary alicyclic amines) is 1. The van der Waals surface area contributed by atoms with Gasteiger partial charge in [-0.25, -0.2) is 0 Å². The van der Waals surface area contributed by atoms with E-state index < -0.39 is 0 Å². The summed E-state index contributed by atoms with van der Waals surface area (Å²) in [6, 6.07) is 0.472. The van der Waals surface area contributed by atoms with E-state index in [1.54, 1.807) is 0 Å². The van der Waals surface area contributed by atoms with E-state index in [2.05, 4.69) is 36.6 Å². The van der Waals surface area contributed by atoms with Crippen molar-refractivity contribution in [3.63, 3.8) is 0 Å². The number of rotatable bonds is 5. The predicted molar refractivity (Wildman–Crippen MR) is 83.7 cm³/mol. The van der Waals surface area contributed by atoms with E-state index >= 15 is 0 Å². The van der Waals surface area contributed by atoms with E-state index in [0.29, 0.717) is 16.3 Å². The Balaban J connectivity index is 1.56. The summed E-state index contributed by atoms with van der Waals surface area (Å²) in [7, 11) is 2.11. The quantitative estimate of drug-likeness (QED) is 0.822. The van der Waals surface area contributed by atoms with Gasteiger partial charge in [-0.15, -0.1) is 5.10 Å². The third-order valence-electron chi connectivity index (χ3n) is 3.95. The first-order valence-electron chi connectivity index (χ1n) is 7.30. The summed E-state index contributed by atoms with van der Waals surface area (Å²) in [5, 5.41) is 8.07. The minimum atomic E-state index is 0.472. The zero-order valence-electron chi connectivity index (χ0n) is 12.7. The minimum absolute atomic E-state index is 0.472. The molecule has 1 aliphatic heterocycles. The van der Waals surface area contributed by atoms with Crippen LogP contribution in [0.4, 0.5) is 0 Å². The van der Waals surface area contributed by atoms with E-state index in [-0.39, 0.29) is 0 Å². The van der Waals surface area contributed by atoms with E-state index in [1.807, 2.05) is 6.92 Å². The van der Waals surface area contributed by atoms with Crippen molar-refractivity contribution in [2.45, 2.75) is 38.9 Å². The molecule has 0 aromatic carbocycles. The first kappa shape index (κ1) is 15.8. The Hall–Kier alpha value is -1.09. The molecule has 120 valence electrons. The summed E-state index contributed by atoms with van der Waals surface area (Å²) in [6.45, 7) is 5.33. The highest BCUT2D eigenvalue weighted by molar-refractivity contribution is 7.10. The lowest BCUT2D eigenvalue weighted by Crippen LogP contribution is -2.46. The molecular formula is C13H19ClN6OS. The number of piperidine rings is 1. The molecule has 0 saturated carbocycles. The number of halogens is 1. The Bertz CT molecular complexity index is 617. The van der Waals surface area contributed by atoms with Crippen molar-refractivity contribution >= 4 is 23.1 Å². The van der Waals surface area contributed by atoms with E-state index in [1.165, 1.54) is 18.0 Å². The highest BCUT2D eigenvalue weighted by atomic mass is 35.5. The Morgan fingerprint density at radius 2 is 2.36 bits per heavy atom. The second-order valence-electron chi connectivity index (χ2n) is 5.67. The summed E-state index contributed by atoms with van der Waals surface area (Å²) in [5.74, 6) is 1.37. The maximum atomic E-state index is 6.09. The van der Waals surface area contributed by atoms with Gasteiger partial charge in [0.15, 0.2) is 5.82 Å². The molecule has 0 spiro atoms. The second kappa shape index (κ2) is 6.99. The van der Waals surface area contributed by atoms with E-state index in [0.717, 1.165) is 44.1 Å². The molecule has 2 aromatic rings. The number of aromatic nitrogens is 4. The van der Waals surface area contributed by atoms with Gasteiger partial charge in [-0.2, -0.15) is 4.98 Å². The number of nitrogens with zero attached hydrogens (tertiary/aromatic N) is 6. The molecule has 1 aliphatic rings. The molecular weight excluding hydrogens is 324 g/mol. The molecule has 0 amide bonds. The predicted octanol–water partition coefficient (Wildman–Crippen LogP) is 1.98. The van der Waals surface area contributed by atoms with Crippen LogP contribution >= 0.6 is 23.1 Å². The molecule has 3 heterocycles. The smallest absolute Gasteiger partial charge is 0.223 e. The van der Waals surface area contributed by atoms with Gasteiger partial charge >= 0.3 is 0 Å². The highest BCUT2D eigenvalue weighted by Crippen LogP contribution is 2.22. The molecule has 0 aliphatic carbocycles. The van der Waals surface area contributed by atoms with Crippen LogP contribution in [-0.4, -0.2) is 55.7 Å². The molecule has 0 bridgehead atoms. The number of hydrogen-bond acceptors (Lipinski definition) is 8. The second-order valence-corrected chi connectivity index (χ2v) is 7.03. The molecule has 1 atom stereocenters. The lowest BCUT2D eigenvalue weighted by atomic mass is 10.0. The maximum Gasteiger partial charge on any atom is 0.223 e. The van der Waals surface area contributed by atoms with Crippen LogP contribution < -0.4 is 0 Å². The van der Waals surface area contributed by atoms with Gasteiger partial charge in [0.2, 0.25) is 5.89 Å². The molecule has 22 heavy (non-hydrogen) atoms. The van der Waals surface area contributed by atoms with Crippen molar-refractivity contribution in [1.29, 1.82) is 0 Å². The van der Waals surface area contributed by atoms with Crippen molar-refractivity contribution in [2.24, 2.45) is 0 Å². The Labute approximate surface area is 138 Å². The zero-order chi connectivity index (χ0) is 15.5. The van der Waals surface area contributed by atoms with Gasteiger partial charge < -0.3 is 4.52 Å². The van der Waals surface area contributed by atoms with Crippen molar-refractivity contribution in [1.82, 2.24) is 29.5 Å². The molecule has 9 heteroatoms. The van der Waals surface area contributed by atoms with Gasteiger partial charge in [0.25, 0.3) is 0 Å². The molecule has 0 radical (unpaired) electrons. The lowest BCUT2D eigenvalue weighted by Gasteiger charge is -2.36. The van der Waals surface area contributed by atoms with Gasteiger partial charge in [-0.1, -0.05) is 21.2 Å². The summed E-state index contributed by atoms with van der Waals surface area (Å²) < 4.78 is 9.61. The first-order valence-corrected chi connectivity index (χ1v) is 8.45. The minimum Gasteiger partial charge on any atom is -0.340 e. The van der Waals surface area contributed by atoms with Gasteiger partial charge in [0.05, 0.1) is 6.54 Å². The topological polar surface area (TPSA) is 71.2 Å². The van der Waals surface area contributed by atoms with Gasteiger partial charge in [0, 0.05) is 37.6 Å². The van der Waals surface area contributed by atoms with Crippen LogP contribution in [0.5, 0.6) is 0 Å². The third kappa shape index (κ3) is 3.81. The van der Waals surface area contributed by atoms with Gasteiger partial charge in [-0.05, 0) is 26.4 Å². The average Bonchev–Trinajstić information content (AvgIpc) is 3.08. The summed E-state index contributed by atoms with van der Waals surface area (Å²) >= 11 is 7.33. The fraction of sp³-hybridized carbons (Fsp3) is 0.692. The molecule has 7 nitrogen and oxygen atoms in total. The van der Waals surface area contributed by atoms with Gasteiger partial charge in [-0.3, -0.25) is 9.80 Å². The van der Waals surface area contributed by atoms with E-state index in [9.17, 15) is 0 Å². The van der Waals surface area contributed by atoms with Crippen LogP contribution in [0, 0.1) is 6.92 Å². The Kier molecular flexibility index (Phi) is 5.02. The molecule has 1 fully saturated rings. The average molecular weight is 343 g/mol. The van der Waals surface area contributed by atoms with Crippen LogP contribution in [0.2, 0.25) is 4.34 Å². The third-order valence-corrected chi connectivity index (χ3v) is 4.93. The SMILES string of the molecule is Cc1nc(CN2CCC[C@@H](N(C)Cc3nnsc3Cl)C2)no1. The zero-order valence-corrected chi connectivity index (χ0v) is 14.3. The van der Waals surface area contributed by atoms with Crippen LogP contribution in [0.1, 0.15) is 30.3 Å². The molecule has 2 aromatic heterocycles. The van der Waals surface area contributed by atoms with Crippen molar-refractivity contribution in [3.05, 3.63) is 21.7 Å². The van der Waals surface area contributed by atoms with E-state index in [4.69, 9.17) is 16.1 Å². The number of likely N-dealkylation sites (N-methyl/N-ethyl adjacent to an activating group) is 1. The largest absolute Gasteiger partial charge is 0.340 e. The first-order chi connectivity index (χ1) is 10.6. The number of aryl methyl sites for hydroxylation is 1. The van der Waals surface area contributed by atoms with Crippen molar-refractivity contribution in [3.8, 4) is 0 Å². The lowest BCUT2D eigenvalue weighted by molar-refractivity contribution is 0.104. The summed E-state index contributed by atoms with van der Waals surface area (Å²) in [5.41, 5.74) is 0.861. The van der Waals surface area contributed by atoms with Gasteiger partial charge in [0.1, 0.15) is 10.0 Å². The maximum absolute atomic E-state index is 6.09. The van der Waals surface area contributed by atoms with Crippen LogP contribution in [0.25, 0.3) is 0 Å². The summed E-state index contributed by atoms with van der Waals surface area (Å²) in [4.78, 5) is 8.95. The summed E-state index contributed by atoms with van der Waals surface area (Å²) in [6.07, 6.45) is 2.34. The van der Waals surface area contributed by atoms with Crippen molar-refractivity contribution in [2.75, 3.05) is 20.1 Å². The van der Waals surface area contributed by atoms with Crippen LogP contribution in [0.3, 0.4) is 0 Å². The number of hydrogen-bond donors (Lipinski definition) is 0. The van der Waals surface area contributed by atoms with Crippen molar-refractivity contribution < 1.29 is 4.52 Å². The Morgan fingerprint density at radius 3 is 3.05 bits per heavy atom. The normalized spacial score (nSPS) is 19.9. The molecule has 3 rings (SSSR count). The van der Waals surface area contributed by atoms with Crippen LogP contribution in [-0.2, 0) is 13.1 Å². The molecule has 1 saturated heterocycles. The van der Waals surface area contributed by atoms with Crippen LogP contribution in [0.15, 0.2) is 4.52 Å². The monoisotopic (exact) mass is 342 g/mol. The molecule has 0 unspecified atom stereocenters. The fourth-order valence-corrected chi connectivity index (χ4v) is 3.41. The molecule has 0 N–H and O–H groups in total.